The van der Waals surface area contributed by atoms with Crippen molar-refractivity contribution in [2.24, 2.45) is 11.8 Å². The lowest BCUT2D eigenvalue weighted by Gasteiger charge is -2.32. The molecule has 168 valence electrons. The molecular weight excluding hydrogens is 443 g/mol. The number of carbonyl (C=O) groups is 3. The number of amides is 2. The molecule has 3 aliphatic rings. The number of benzene rings is 2. The maximum Gasteiger partial charge on any atom is 0.270 e. The third-order valence-corrected chi connectivity index (χ3v) is 6.37. The average Bonchev–Trinajstić information content (AvgIpc) is 3.31. The first-order chi connectivity index (χ1) is 16.3. The second kappa shape index (κ2) is 7.74. The molecule has 0 bridgehead atoms. The Kier molecular flexibility index (Phi) is 4.83. The van der Waals surface area contributed by atoms with Crippen LogP contribution < -0.4 is 4.90 Å². The monoisotopic (exact) mass is 458 g/mol. The molecule has 4 atom stereocenters. The average molecular weight is 458 g/mol. The van der Waals surface area contributed by atoms with Crippen molar-refractivity contribution in [2.45, 2.75) is 12.1 Å². The van der Waals surface area contributed by atoms with Crippen molar-refractivity contribution in [1.29, 1.82) is 5.26 Å². The first kappa shape index (κ1) is 21.2. The molecule has 2 saturated heterocycles. The number of nitro groups is 1. The van der Waals surface area contributed by atoms with Gasteiger partial charge in [-0.05, 0) is 36.4 Å². The number of non-ortho nitro benzene ring substituents is 1. The molecule has 0 saturated carbocycles. The molecule has 0 N–H and O–H groups in total. The third-order valence-electron chi connectivity index (χ3n) is 6.37. The summed E-state index contributed by atoms with van der Waals surface area (Å²) in [7, 11) is 0. The maximum absolute atomic E-state index is 13.6. The van der Waals surface area contributed by atoms with Crippen LogP contribution in [0.1, 0.15) is 10.4 Å². The molecule has 0 aliphatic carbocycles. The van der Waals surface area contributed by atoms with E-state index in [0.29, 0.717) is 0 Å². The molecule has 34 heavy (non-hydrogen) atoms. The zero-order chi connectivity index (χ0) is 24.1. The lowest BCUT2D eigenvalue weighted by molar-refractivity contribution is -0.384. The van der Waals surface area contributed by atoms with Gasteiger partial charge in [-0.2, -0.15) is 5.26 Å². The Hall–Kier alpha value is -4.65. The normalized spacial score (nSPS) is 25.0. The SMILES string of the molecule is N#CC1=C[C@@H]2[C@H]3C(=O)N(c4ccc(F)cc4)C(=O)[C@H]3[C@@H](C(=O)c3cccc([N+](=O)[O-])c3)N2C=C1. The van der Waals surface area contributed by atoms with Crippen molar-refractivity contribution >= 4 is 29.0 Å². The van der Waals surface area contributed by atoms with Gasteiger partial charge in [-0.3, -0.25) is 24.5 Å². The number of fused-ring (bicyclic) bond motifs is 3. The number of ketones is 1. The number of rotatable bonds is 4. The number of imide groups is 1. The van der Waals surface area contributed by atoms with Crippen LogP contribution in [-0.2, 0) is 9.59 Å². The van der Waals surface area contributed by atoms with Gasteiger partial charge in [-0.1, -0.05) is 12.1 Å². The molecule has 2 amide bonds. The number of nitro benzene ring substituents is 1. The molecule has 5 rings (SSSR count). The van der Waals surface area contributed by atoms with Crippen molar-refractivity contribution in [2.75, 3.05) is 4.90 Å². The molecule has 10 heteroatoms. The highest BCUT2D eigenvalue weighted by atomic mass is 19.1. The summed E-state index contributed by atoms with van der Waals surface area (Å²) in [6.45, 7) is 0. The second-order valence-electron chi connectivity index (χ2n) is 8.14. The Balaban J connectivity index is 1.60. The quantitative estimate of drug-likeness (QED) is 0.299. The van der Waals surface area contributed by atoms with Gasteiger partial charge in [0.15, 0.2) is 5.78 Å². The fraction of sp³-hybridized carbons (Fsp3) is 0.167. The first-order valence-electron chi connectivity index (χ1n) is 10.3. The highest BCUT2D eigenvalue weighted by Crippen LogP contribution is 2.47. The highest BCUT2D eigenvalue weighted by Gasteiger charge is 2.63. The van der Waals surface area contributed by atoms with E-state index >= 15 is 0 Å². The van der Waals surface area contributed by atoms with Gasteiger partial charge in [-0.25, -0.2) is 9.29 Å². The maximum atomic E-state index is 13.6. The first-order valence-corrected chi connectivity index (χ1v) is 10.3. The minimum Gasteiger partial charge on any atom is -0.359 e. The van der Waals surface area contributed by atoms with Crippen LogP contribution in [0.5, 0.6) is 0 Å². The van der Waals surface area contributed by atoms with Gasteiger partial charge in [0, 0.05) is 23.9 Å². The van der Waals surface area contributed by atoms with E-state index in [2.05, 4.69) is 0 Å². The van der Waals surface area contributed by atoms with E-state index in [0.717, 1.165) is 23.1 Å². The third kappa shape index (κ3) is 3.09. The standard InChI is InChI=1S/C24H15FN4O5/c25-15-4-6-16(7-5-15)28-23(31)19-18-10-13(12-26)8-9-27(18)21(20(19)24(28)32)22(30)14-2-1-3-17(11-14)29(33)34/h1-11,18-21H/t18-,19-,20-,21+/m1/s1. The largest absolute Gasteiger partial charge is 0.359 e. The predicted octanol–water partition coefficient (Wildman–Crippen LogP) is 2.75. The molecule has 0 unspecified atom stereocenters. The predicted molar refractivity (Wildman–Crippen MR) is 116 cm³/mol. The van der Waals surface area contributed by atoms with Crippen molar-refractivity contribution < 1.29 is 23.7 Å². The smallest absolute Gasteiger partial charge is 0.270 e. The Morgan fingerprint density at radius 1 is 1.09 bits per heavy atom. The Bertz CT molecular complexity index is 1360. The van der Waals surface area contributed by atoms with E-state index in [4.69, 9.17) is 0 Å². The number of nitrogens with zero attached hydrogens (tertiary/aromatic N) is 4. The van der Waals surface area contributed by atoms with Gasteiger partial charge in [0.05, 0.1) is 40.1 Å². The molecular formula is C24H15FN4O5. The molecule has 0 spiro atoms. The van der Waals surface area contributed by atoms with E-state index in [9.17, 15) is 34.2 Å². The fourth-order valence-electron chi connectivity index (χ4n) is 4.91. The molecule has 0 aromatic heterocycles. The van der Waals surface area contributed by atoms with Crippen LogP contribution in [0.25, 0.3) is 0 Å². The van der Waals surface area contributed by atoms with Crippen LogP contribution >= 0.6 is 0 Å². The lowest BCUT2D eigenvalue weighted by Crippen LogP contribution is -2.46. The van der Waals surface area contributed by atoms with E-state index in [1.807, 2.05) is 6.07 Å². The van der Waals surface area contributed by atoms with Crippen LogP contribution in [0.2, 0.25) is 0 Å². The van der Waals surface area contributed by atoms with E-state index in [1.165, 1.54) is 48.7 Å². The summed E-state index contributed by atoms with van der Waals surface area (Å²) in [5.74, 6) is -4.32. The minimum atomic E-state index is -1.12. The van der Waals surface area contributed by atoms with E-state index < -0.39 is 52.3 Å². The van der Waals surface area contributed by atoms with Crippen molar-refractivity contribution in [3.8, 4) is 6.07 Å². The second-order valence-corrected chi connectivity index (χ2v) is 8.14. The Morgan fingerprint density at radius 3 is 2.47 bits per heavy atom. The van der Waals surface area contributed by atoms with Gasteiger partial charge in [0.2, 0.25) is 11.8 Å². The minimum absolute atomic E-state index is 0.0301. The summed E-state index contributed by atoms with van der Waals surface area (Å²) >= 11 is 0. The van der Waals surface area contributed by atoms with Crippen LogP contribution in [0.3, 0.4) is 0 Å². The van der Waals surface area contributed by atoms with Crippen LogP contribution in [0.15, 0.2) is 72.5 Å². The molecule has 3 heterocycles. The number of anilines is 1. The zero-order valence-corrected chi connectivity index (χ0v) is 17.4. The highest BCUT2D eigenvalue weighted by molar-refractivity contribution is 6.24. The molecule has 9 nitrogen and oxygen atoms in total. The molecule has 2 aromatic carbocycles. The molecule has 2 fully saturated rings. The lowest BCUT2D eigenvalue weighted by atomic mass is 9.86. The van der Waals surface area contributed by atoms with Crippen LogP contribution in [0, 0.1) is 39.1 Å². The van der Waals surface area contributed by atoms with Crippen LogP contribution in [0.4, 0.5) is 15.8 Å². The number of nitriles is 1. The number of hydrogen-bond acceptors (Lipinski definition) is 7. The summed E-state index contributed by atoms with van der Waals surface area (Å²) in [6.07, 6.45) is 4.53. The fourth-order valence-corrected chi connectivity index (χ4v) is 4.91. The Morgan fingerprint density at radius 2 is 1.79 bits per heavy atom. The number of hydrogen-bond donors (Lipinski definition) is 0. The number of halogens is 1. The molecule has 0 radical (unpaired) electrons. The Labute approximate surface area is 192 Å². The van der Waals surface area contributed by atoms with Crippen molar-refractivity contribution in [3.63, 3.8) is 0 Å². The van der Waals surface area contributed by atoms with Gasteiger partial charge in [-0.15, -0.1) is 0 Å². The zero-order valence-electron chi connectivity index (χ0n) is 17.4. The van der Waals surface area contributed by atoms with E-state index in [1.54, 1.807) is 4.90 Å². The van der Waals surface area contributed by atoms with Crippen molar-refractivity contribution in [1.82, 2.24) is 4.90 Å². The topological polar surface area (TPSA) is 125 Å². The summed E-state index contributed by atoms with van der Waals surface area (Å²) in [6, 6.07) is 10.2. The summed E-state index contributed by atoms with van der Waals surface area (Å²) in [5, 5.41) is 20.5. The molecule has 3 aliphatic heterocycles. The summed E-state index contributed by atoms with van der Waals surface area (Å²) in [4.78, 5) is 53.6. The van der Waals surface area contributed by atoms with Crippen LogP contribution in [-0.4, -0.2) is 39.5 Å². The summed E-state index contributed by atoms with van der Waals surface area (Å²) in [5.41, 5.74) is 0.209. The van der Waals surface area contributed by atoms with Crippen molar-refractivity contribution in [3.05, 3.63) is 94.0 Å². The van der Waals surface area contributed by atoms with Gasteiger partial charge in [0.25, 0.3) is 5.69 Å². The van der Waals surface area contributed by atoms with Gasteiger partial charge in [0.1, 0.15) is 11.9 Å². The van der Waals surface area contributed by atoms with Gasteiger partial charge >= 0.3 is 0 Å². The molecule has 2 aromatic rings. The summed E-state index contributed by atoms with van der Waals surface area (Å²) < 4.78 is 13.4. The number of carbonyl (C=O) groups excluding carboxylic acids is 3. The number of allylic oxidation sites excluding steroid dienone is 2. The van der Waals surface area contributed by atoms with E-state index in [-0.39, 0.29) is 22.5 Å². The van der Waals surface area contributed by atoms with Gasteiger partial charge < -0.3 is 4.90 Å². The number of Topliss-reactive ketones (excluding diaryl/α,β-unsaturated/α-hetero) is 1.